The maximum atomic E-state index is 13.3. The average Bonchev–Trinajstić information content (AvgIpc) is 3.20. The van der Waals surface area contributed by atoms with Crippen LogP contribution in [0.1, 0.15) is 40.3 Å². The van der Waals surface area contributed by atoms with E-state index >= 15 is 0 Å². The van der Waals surface area contributed by atoms with Crippen LogP contribution in [0.2, 0.25) is 0 Å². The lowest BCUT2D eigenvalue weighted by Crippen LogP contribution is -2.29. The van der Waals surface area contributed by atoms with E-state index < -0.39 is 17.7 Å². The minimum absolute atomic E-state index is 0.205. The highest BCUT2D eigenvalue weighted by molar-refractivity contribution is 5.58. The normalized spacial score (nSPS) is 18.0. The molecule has 0 aromatic carbocycles. The van der Waals surface area contributed by atoms with E-state index in [0.717, 1.165) is 56.2 Å². The van der Waals surface area contributed by atoms with Crippen LogP contribution in [0, 0.1) is 11.3 Å². The number of halogens is 3. The van der Waals surface area contributed by atoms with Crippen molar-refractivity contribution in [3.05, 3.63) is 64.7 Å². The van der Waals surface area contributed by atoms with Gasteiger partial charge in [0.05, 0.1) is 23.0 Å². The fourth-order valence-corrected chi connectivity index (χ4v) is 4.60. The van der Waals surface area contributed by atoms with Crippen molar-refractivity contribution in [3.8, 4) is 6.07 Å². The Bertz CT molecular complexity index is 1300. The van der Waals surface area contributed by atoms with Crippen LogP contribution < -0.4 is 15.5 Å². The third kappa shape index (κ3) is 5.41. The van der Waals surface area contributed by atoms with Crippen molar-refractivity contribution in [3.63, 3.8) is 0 Å². The van der Waals surface area contributed by atoms with Crippen molar-refractivity contribution >= 4 is 17.6 Å². The van der Waals surface area contributed by atoms with Crippen LogP contribution in [0.5, 0.6) is 0 Å². The summed E-state index contributed by atoms with van der Waals surface area (Å²) in [5.41, 5.74) is 1.00. The molecule has 0 amide bonds. The number of pyridine rings is 2. The zero-order valence-corrected chi connectivity index (χ0v) is 20.3. The summed E-state index contributed by atoms with van der Waals surface area (Å²) in [6.07, 6.45) is 0.578. The lowest BCUT2D eigenvalue weighted by molar-refractivity contribution is -0.137. The molecule has 0 bridgehead atoms. The number of nitriles is 1. The van der Waals surface area contributed by atoms with Gasteiger partial charge in [0, 0.05) is 56.6 Å². The first-order chi connectivity index (χ1) is 17.8. The molecular weight excluding hydrogens is 483 g/mol. The first-order valence-corrected chi connectivity index (χ1v) is 12.0. The Morgan fingerprint density at radius 1 is 1.11 bits per heavy atom. The van der Waals surface area contributed by atoms with Gasteiger partial charge in [-0.2, -0.15) is 18.4 Å². The first-order valence-electron chi connectivity index (χ1n) is 12.0. The summed E-state index contributed by atoms with van der Waals surface area (Å²) in [6.45, 7) is 4.66. The van der Waals surface area contributed by atoms with Crippen molar-refractivity contribution in [2.75, 3.05) is 55.3 Å². The molecule has 3 aromatic heterocycles. The average molecular weight is 510 g/mol. The molecule has 0 saturated carbocycles. The number of fused-ring (bicyclic) bond motifs is 1. The summed E-state index contributed by atoms with van der Waals surface area (Å²) >= 11 is 0. The van der Waals surface area contributed by atoms with E-state index in [2.05, 4.69) is 53.5 Å². The molecule has 37 heavy (non-hydrogen) atoms. The van der Waals surface area contributed by atoms with Crippen molar-refractivity contribution < 1.29 is 13.2 Å². The zero-order valence-electron chi connectivity index (χ0n) is 20.3. The molecule has 3 aromatic rings. The fraction of sp³-hybridized carbons (Fsp3) is 0.400. The Kier molecular flexibility index (Phi) is 6.80. The number of anilines is 3. The SMILES string of the molecule is CN1CCCN(c2ccc(CNc3ncc(C#N)c(C4CNc5ncc(C(F)(F)F)cc54)n3)cn2)CC1. The van der Waals surface area contributed by atoms with Crippen LogP contribution in [-0.2, 0) is 12.7 Å². The van der Waals surface area contributed by atoms with Crippen molar-refractivity contribution in [1.29, 1.82) is 5.26 Å². The quantitative estimate of drug-likeness (QED) is 0.535. The van der Waals surface area contributed by atoms with Gasteiger partial charge in [0.2, 0.25) is 5.95 Å². The topological polar surface area (TPSA) is 106 Å². The largest absolute Gasteiger partial charge is 0.417 e. The van der Waals surface area contributed by atoms with Crippen molar-refractivity contribution in [2.45, 2.75) is 25.1 Å². The van der Waals surface area contributed by atoms with Gasteiger partial charge < -0.3 is 20.4 Å². The van der Waals surface area contributed by atoms with Crippen LogP contribution in [-0.4, -0.2) is 64.6 Å². The fourth-order valence-electron chi connectivity index (χ4n) is 4.60. The van der Waals surface area contributed by atoms with Gasteiger partial charge >= 0.3 is 6.18 Å². The van der Waals surface area contributed by atoms with E-state index in [1.54, 1.807) is 0 Å². The summed E-state index contributed by atoms with van der Waals surface area (Å²) in [5, 5.41) is 15.7. The van der Waals surface area contributed by atoms with Gasteiger partial charge in [0.25, 0.3) is 0 Å². The minimum atomic E-state index is -4.52. The van der Waals surface area contributed by atoms with E-state index in [9.17, 15) is 18.4 Å². The van der Waals surface area contributed by atoms with Crippen LogP contribution in [0.15, 0.2) is 36.8 Å². The molecule has 2 N–H and O–H groups in total. The molecule has 1 unspecified atom stereocenters. The Labute approximate surface area is 212 Å². The van der Waals surface area contributed by atoms with Gasteiger partial charge in [-0.1, -0.05) is 6.07 Å². The predicted octanol–water partition coefficient (Wildman–Crippen LogP) is 3.47. The molecule has 0 aliphatic carbocycles. The van der Waals surface area contributed by atoms with E-state index in [0.29, 0.717) is 23.6 Å². The molecule has 1 saturated heterocycles. The summed E-state index contributed by atoms with van der Waals surface area (Å²) in [7, 11) is 2.13. The standard InChI is InChI=1S/C25H26F3N9/c1-36-5-2-6-37(8-7-36)21-4-3-16(11-30-21)12-33-24-34-13-17(10-29)22(35-24)20-15-32-23-19(20)9-18(14-31-23)25(26,27)28/h3-4,9,11,13-14,20H,2,5-8,12,15H2,1H3,(H,31,32)(H,33,34,35). The van der Waals surface area contributed by atoms with E-state index in [1.807, 2.05) is 18.3 Å². The van der Waals surface area contributed by atoms with Gasteiger partial charge in [-0.15, -0.1) is 0 Å². The number of nitrogens with zero attached hydrogens (tertiary/aromatic N) is 7. The third-order valence-electron chi connectivity index (χ3n) is 6.67. The molecule has 12 heteroatoms. The molecular formula is C25H26F3N9. The first kappa shape index (κ1) is 24.7. The van der Waals surface area contributed by atoms with Gasteiger partial charge in [0.1, 0.15) is 17.7 Å². The van der Waals surface area contributed by atoms with Crippen molar-refractivity contribution in [2.24, 2.45) is 0 Å². The molecule has 0 radical (unpaired) electrons. The monoisotopic (exact) mass is 509 g/mol. The second kappa shape index (κ2) is 10.2. The number of likely N-dealkylation sites (N-methyl/N-ethyl adjacent to an activating group) is 1. The van der Waals surface area contributed by atoms with Gasteiger partial charge in [-0.3, -0.25) is 0 Å². The van der Waals surface area contributed by atoms with E-state index in [4.69, 9.17) is 0 Å². The maximum Gasteiger partial charge on any atom is 0.417 e. The molecule has 192 valence electrons. The molecule has 0 spiro atoms. The lowest BCUT2D eigenvalue weighted by atomic mass is 9.95. The molecule has 5 rings (SSSR count). The molecule has 2 aliphatic heterocycles. The van der Waals surface area contributed by atoms with Gasteiger partial charge in [-0.25, -0.2) is 19.9 Å². The second-order valence-electron chi connectivity index (χ2n) is 9.22. The second-order valence-corrected chi connectivity index (χ2v) is 9.22. The molecule has 9 nitrogen and oxygen atoms in total. The number of hydrogen-bond donors (Lipinski definition) is 2. The molecule has 1 atom stereocenters. The van der Waals surface area contributed by atoms with Gasteiger partial charge in [0.15, 0.2) is 0 Å². The number of aromatic nitrogens is 4. The number of alkyl halides is 3. The smallest absolute Gasteiger partial charge is 0.369 e. The van der Waals surface area contributed by atoms with Crippen LogP contribution >= 0.6 is 0 Å². The van der Waals surface area contributed by atoms with E-state index in [1.165, 1.54) is 6.20 Å². The predicted molar refractivity (Wildman–Crippen MR) is 132 cm³/mol. The Morgan fingerprint density at radius 2 is 1.97 bits per heavy atom. The van der Waals surface area contributed by atoms with E-state index in [-0.39, 0.29) is 18.1 Å². The Hall–Kier alpha value is -3.98. The zero-order chi connectivity index (χ0) is 26.0. The highest BCUT2D eigenvalue weighted by Gasteiger charge is 2.35. The van der Waals surface area contributed by atoms with Crippen LogP contribution in [0.25, 0.3) is 0 Å². The highest BCUT2D eigenvalue weighted by Crippen LogP contribution is 2.39. The Morgan fingerprint density at radius 3 is 2.73 bits per heavy atom. The summed E-state index contributed by atoms with van der Waals surface area (Å²) in [5.74, 6) is 1.02. The minimum Gasteiger partial charge on any atom is -0.369 e. The van der Waals surface area contributed by atoms with Gasteiger partial charge in [-0.05, 0) is 37.7 Å². The third-order valence-corrected chi connectivity index (χ3v) is 6.67. The highest BCUT2D eigenvalue weighted by atomic mass is 19.4. The number of hydrogen-bond acceptors (Lipinski definition) is 9. The number of rotatable bonds is 5. The lowest BCUT2D eigenvalue weighted by Gasteiger charge is -2.21. The Balaban J connectivity index is 1.31. The van der Waals surface area contributed by atoms with Crippen LogP contribution in [0.3, 0.4) is 0 Å². The van der Waals surface area contributed by atoms with Crippen molar-refractivity contribution in [1.82, 2.24) is 24.8 Å². The summed E-state index contributed by atoms with van der Waals surface area (Å²) < 4.78 is 39.8. The molecule has 5 heterocycles. The molecule has 2 aliphatic rings. The number of nitrogens with one attached hydrogen (secondary N) is 2. The van der Waals surface area contributed by atoms with Crippen LogP contribution in [0.4, 0.5) is 30.8 Å². The molecule has 1 fully saturated rings. The summed E-state index contributed by atoms with van der Waals surface area (Å²) in [4.78, 5) is 21.9. The summed E-state index contributed by atoms with van der Waals surface area (Å²) in [6, 6.07) is 7.12. The maximum absolute atomic E-state index is 13.3.